The van der Waals surface area contributed by atoms with Crippen molar-refractivity contribution in [3.63, 3.8) is 0 Å². The van der Waals surface area contributed by atoms with Crippen molar-refractivity contribution in [1.82, 2.24) is 25.0 Å². The van der Waals surface area contributed by atoms with Crippen LogP contribution in [-0.2, 0) is 9.59 Å². The molecule has 2 aliphatic rings. The Morgan fingerprint density at radius 1 is 1.18 bits per heavy atom. The molecular formula is C19H26N6O2S. The van der Waals surface area contributed by atoms with Crippen LogP contribution in [0.15, 0.2) is 24.5 Å². The van der Waals surface area contributed by atoms with Crippen molar-refractivity contribution in [3.8, 4) is 5.13 Å². The number of hydrogen-bond acceptors (Lipinski definition) is 6. The molecule has 4 rings (SSSR count). The van der Waals surface area contributed by atoms with Gasteiger partial charge in [-0.25, -0.2) is 0 Å². The Morgan fingerprint density at radius 3 is 2.79 bits per heavy atom. The Morgan fingerprint density at radius 2 is 2.00 bits per heavy atom. The van der Waals surface area contributed by atoms with Crippen molar-refractivity contribution in [1.29, 1.82) is 0 Å². The summed E-state index contributed by atoms with van der Waals surface area (Å²) in [6.07, 6.45) is 8.21. The lowest BCUT2D eigenvalue weighted by Crippen LogP contribution is -2.43. The average molecular weight is 403 g/mol. The molecule has 1 atom stereocenters. The van der Waals surface area contributed by atoms with Crippen molar-refractivity contribution in [2.75, 3.05) is 37.6 Å². The molecule has 0 aliphatic carbocycles. The molecule has 0 radical (unpaired) electrons. The van der Waals surface area contributed by atoms with E-state index in [1.165, 1.54) is 0 Å². The fourth-order valence-corrected chi connectivity index (χ4v) is 4.68. The quantitative estimate of drug-likeness (QED) is 0.713. The van der Waals surface area contributed by atoms with E-state index in [1.54, 1.807) is 11.3 Å². The number of piperidine rings is 1. The molecule has 28 heavy (non-hydrogen) atoms. The molecule has 2 aromatic rings. The molecule has 2 saturated heterocycles. The molecule has 0 spiro atoms. The molecular weight excluding hydrogens is 376 g/mol. The van der Waals surface area contributed by atoms with Crippen LogP contribution in [0.2, 0.25) is 0 Å². The predicted molar refractivity (Wildman–Crippen MR) is 108 cm³/mol. The molecule has 1 unspecified atom stereocenters. The van der Waals surface area contributed by atoms with Crippen LogP contribution in [0.5, 0.6) is 0 Å². The minimum absolute atomic E-state index is 0.0268. The Kier molecular flexibility index (Phi) is 5.90. The van der Waals surface area contributed by atoms with Crippen molar-refractivity contribution >= 4 is 28.3 Å². The highest BCUT2D eigenvalue weighted by molar-refractivity contribution is 7.17. The van der Waals surface area contributed by atoms with Gasteiger partial charge in [0.25, 0.3) is 0 Å². The number of carbonyl (C=O) groups excluding carboxylic acids is 2. The number of nitrogens with zero attached hydrogens (tertiary/aromatic N) is 5. The zero-order chi connectivity index (χ0) is 19.3. The molecule has 0 saturated carbocycles. The van der Waals surface area contributed by atoms with E-state index in [0.717, 1.165) is 55.6 Å². The average Bonchev–Trinajstić information content (AvgIpc) is 3.46. The zero-order valence-electron chi connectivity index (χ0n) is 15.9. The maximum atomic E-state index is 12.6. The molecule has 150 valence electrons. The maximum absolute atomic E-state index is 12.6. The van der Waals surface area contributed by atoms with Crippen LogP contribution in [0.4, 0.5) is 5.13 Å². The van der Waals surface area contributed by atoms with Gasteiger partial charge < -0.3 is 15.1 Å². The monoisotopic (exact) mass is 402 g/mol. The highest BCUT2D eigenvalue weighted by Crippen LogP contribution is 2.27. The van der Waals surface area contributed by atoms with Crippen LogP contribution in [0.1, 0.15) is 32.1 Å². The van der Waals surface area contributed by atoms with E-state index < -0.39 is 0 Å². The van der Waals surface area contributed by atoms with Crippen LogP contribution < -0.4 is 10.2 Å². The smallest absolute Gasteiger partial charge is 0.224 e. The molecule has 2 aromatic heterocycles. The summed E-state index contributed by atoms with van der Waals surface area (Å²) in [5.41, 5.74) is 0. The third-order valence-corrected chi connectivity index (χ3v) is 6.36. The van der Waals surface area contributed by atoms with Gasteiger partial charge in [0.05, 0.1) is 5.92 Å². The highest BCUT2D eigenvalue weighted by atomic mass is 32.1. The van der Waals surface area contributed by atoms with E-state index in [4.69, 9.17) is 0 Å². The van der Waals surface area contributed by atoms with Gasteiger partial charge in [0.2, 0.25) is 22.1 Å². The first kappa shape index (κ1) is 18.9. The summed E-state index contributed by atoms with van der Waals surface area (Å²) in [6, 6.07) is 3.92. The predicted octanol–water partition coefficient (Wildman–Crippen LogP) is 1.67. The van der Waals surface area contributed by atoms with Crippen LogP contribution in [-0.4, -0.2) is 64.2 Å². The number of aromatic nitrogens is 3. The van der Waals surface area contributed by atoms with Gasteiger partial charge in [-0.1, -0.05) is 11.3 Å². The first-order valence-corrected chi connectivity index (χ1v) is 10.8. The topological polar surface area (TPSA) is 83.4 Å². The number of hydrogen-bond donors (Lipinski definition) is 1. The van der Waals surface area contributed by atoms with E-state index in [9.17, 15) is 9.59 Å². The molecule has 9 heteroatoms. The van der Waals surface area contributed by atoms with Crippen molar-refractivity contribution in [3.05, 3.63) is 24.5 Å². The van der Waals surface area contributed by atoms with Crippen LogP contribution >= 0.6 is 11.3 Å². The second kappa shape index (κ2) is 8.72. The minimum atomic E-state index is -0.0268. The second-order valence-corrected chi connectivity index (χ2v) is 8.31. The van der Waals surface area contributed by atoms with Gasteiger partial charge in [-0.05, 0) is 37.8 Å². The number of amides is 2. The molecule has 2 amide bonds. The third kappa shape index (κ3) is 4.35. The minimum Gasteiger partial charge on any atom is -0.356 e. The van der Waals surface area contributed by atoms with Crippen molar-refractivity contribution < 1.29 is 9.59 Å². The van der Waals surface area contributed by atoms with Crippen LogP contribution in [0, 0.1) is 5.92 Å². The number of likely N-dealkylation sites (tertiary alicyclic amines) is 1. The van der Waals surface area contributed by atoms with E-state index in [0.29, 0.717) is 19.5 Å². The van der Waals surface area contributed by atoms with Gasteiger partial charge >= 0.3 is 0 Å². The number of rotatable bonds is 7. The first-order valence-electron chi connectivity index (χ1n) is 9.98. The van der Waals surface area contributed by atoms with Crippen LogP contribution in [0.3, 0.4) is 0 Å². The van der Waals surface area contributed by atoms with Gasteiger partial charge in [-0.15, -0.1) is 10.2 Å². The van der Waals surface area contributed by atoms with Gasteiger partial charge in [0.1, 0.15) is 0 Å². The van der Waals surface area contributed by atoms with Gasteiger partial charge in [0, 0.05) is 51.5 Å². The van der Waals surface area contributed by atoms with E-state index in [-0.39, 0.29) is 17.7 Å². The highest BCUT2D eigenvalue weighted by Gasteiger charge is 2.27. The van der Waals surface area contributed by atoms with E-state index >= 15 is 0 Å². The largest absolute Gasteiger partial charge is 0.356 e. The lowest BCUT2D eigenvalue weighted by molar-refractivity contribution is -0.127. The Balaban J connectivity index is 1.25. The molecule has 0 aromatic carbocycles. The summed E-state index contributed by atoms with van der Waals surface area (Å²) in [5, 5.41) is 13.3. The van der Waals surface area contributed by atoms with Crippen molar-refractivity contribution in [2.24, 2.45) is 5.92 Å². The lowest BCUT2D eigenvalue weighted by Gasteiger charge is -2.31. The third-order valence-electron chi connectivity index (χ3n) is 5.37. The molecule has 0 bridgehead atoms. The van der Waals surface area contributed by atoms with E-state index in [1.807, 2.05) is 34.0 Å². The fraction of sp³-hybridized carbons (Fsp3) is 0.579. The Bertz CT molecular complexity index is 805. The van der Waals surface area contributed by atoms with Crippen molar-refractivity contribution in [2.45, 2.75) is 32.1 Å². The normalized spacial score (nSPS) is 20.0. The first-order chi connectivity index (χ1) is 13.7. The number of anilines is 1. The van der Waals surface area contributed by atoms with Gasteiger partial charge in [-0.3, -0.25) is 14.2 Å². The van der Waals surface area contributed by atoms with Gasteiger partial charge in [0.15, 0.2) is 0 Å². The Labute approximate surface area is 168 Å². The second-order valence-electron chi connectivity index (χ2n) is 7.37. The maximum Gasteiger partial charge on any atom is 0.224 e. The number of nitrogens with one attached hydrogen (secondary N) is 1. The van der Waals surface area contributed by atoms with Crippen LogP contribution in [0.25, 0.3) is 5.13 Å². The molecule has 1 N–H and O–H groups in total. The fourth-order valence-electron chi connectivity index (χ4n) is 3.83. The van der Waals surface area contributed by atoms with E-state index in [2.05, 4.69) is 20.4 Å². The summed E-state index contributed by atoms with van der Waals surface area (Å²) in [7, 11) is 0. The zero-order valence-corrected chi connectivity index (χ0v) is 16.7. The molecule has 8 nitrogen and oxygen atoms in total. The Hall–Kier alpha value is -2.42. The molecule has 2 fully saturated rings. The molecule has 2 aliphatic heterocycles. The SMILES string of the molecule is O=C(NCCCN1CCCC1=O)C1CCCN(c2nnc(-n3cccc3)s2)C1. The summed E-state index contributed by atoms with van der Waals surface area (Å²) < 4.78 is 1.94. The number of carbonyl (C=O) groups is 2. The summed E-state index contributed by atoms with van der Waals surface area (Å²) >= 11 is 1.54. The summed E-state index contributed by atoms with van der Waals surface area (Å²) in [4.78, 5) is 28.3. The standard InChI is InChI=1S/C19H26N6O2S/c26-16-7-4-11-23(16)13-5-8-20-17(27)15-6-3-12-25(14-15)19-22-21-18(28-19)24-9-1-2-10-24/h1-2,9-10,15H,3-8,11-14H2,(H,20,27). The summed E-state index contributed by atoms with van der Waals surface area (Å²) in [6.45, 7) is 3.80. The van der Waals surface area contributed by atoms with Gasteiger partial charge in [-0.2, -0.15) is 0 Å². The lowest BCUT2D eigenvalue weighted by atomic mass is 9.97. The molecule has 4 heterocycles. The summed E-state index contributed by atoms with van der Waals surface area (Å²) in [5.74, 6) is 0.319.